The molecule has 0 aliphatic heterocycles. The van der Waals surface area contributed by atoms with Crippen LogP contribution in [0.2, 0.25) is 0 Å². The lowest BCUT2D eigenvalue weighted by Gasteiger charge is -2.43. The fourth-order valence-electron chi connectivity index (χ4n) is 3.16. The normalized spacial score (nSPS) is 21.7. The Morgan fingerprint density at radius 1 is 1.26 bits per heavy atom. The van der Waals surface area contributed by atoms with E-state index in [0.29, 0.717) is 0 Å². The smallest absolute Gasteiger partial charge is 0.210 e. The second kappa shape index (κ2) is 4.82. The Bertz CT molecular complexity index is 577. The molecule has 1 aliphatic rings. The first-order chi connectivity index (χ1) is 9.29. The van der Waals surface area contributed by atoms with Gasteiger partial charge in [-0.05, 0) is 41.8 Å². The number of nitrogens with zero attached hydrogens (tertiary/aromatic N) is 1. The number of aryl methyl sites for hydroxylation is 1. The molecule has 1 heterocycles. The monoisotopic (exact) mass is 271 g/mol. The molecule has 19 heavy (non-hydrogen) atoms. The topological polar surface area (TPSA) is 20.3 Å². The lowest BCUT2D eigenvalue weighted by atomic mass is 9.76. The van der Waals surface area contributed by atoms with Gasteiger partial charge in [0.15, 0.2) is 0 Å². The average molecular weight is 271 g/mol. The van der Waals surface area contributed by atoms with Crippen LogP contribution in [0, 0.1) is 0 Å². The first-order valence-corrected chi connectivity index (χ1v) is 7.47. The van der Waals surface area contributed by atoms with Gasteiger partial charge in [0.1, 0.15) is 5.54 Å². The van der Waals surface area contributed by atoms with E-state index in [1.165, 1.54) is 16.0 Å². The number of rotatable bonds is 3. The molecule has 0 bridgehead atoms. The largest absolute Gasteiger partial charge is 0.334 e. The van der Waals surface area contributed by atoms with Crippen LogP contribution in [0.3, 0.4) is 0 Å². The molecular weight excluding hydrogens is 254 g/mol. The second-order valence-corrected chi connectivity index (χ2v) is 5.99. The Balaban J connectivity index is 2.23. The molecule has 0 radical (unpaired) electrons. The molecule has 1 aliphatic carbocycles. The van der Waals surface area contributed by atoms with Gasteiger partial charge >= 0.3 is 0 Å². The van der Waals surface area contributed by atoms with Crippen LogP contribution >= 0.6 is 11.3 Å². The highest BCUT2D eigenvalue weighted by Crippen LogP contribution is 2.46. The minimum absolute atomic E-state index is 0.273. The molecule has 0 N–H and O–H groups in total. The summed E-state index contributed by atoms with van der Waals surface area (Å²) < 4.78 is 0. The van der Waals surface area contributed by atoms with Crippen LogP contribution in [0.4, 0.5) is 0 Å². The van der Waals surface area contributed by atoms with Gasteiger partial charge in [0.2, 0.25) is 6.41 Å². The van der Waals surface area contributed by atoms with Crippen LogP contribution in [0.5, 0.6) is 0 Å². The average Bonchev–Trinajstić information content (AvgIpc) is 2.96. The van der Waals surface area contributed by atoms with Crippen LogP contribution in [-0.4, -0.2) is 18.4 Å². The predicted octanol–water partition coefficient (Wildman–Crippen LogP) is 3.42. The quantitative estimate of drug-likeness (QED) is 0.783. The van der Waals surface area contributed by atoms with Crippen LogP contribution in [0.15, 0.2) is 41.8 Å². The van der Waals surface area contributed by atoms with E-state index in [1.807, 2.05) is 18.0 Å². The summed E-state index contributed by atoms with van der Waals surface area (Å²) in [6.45, 7) is 0. The van der Waals surface area contributed by atoms with Gasteiger partial charge in [0.05, 0.1) is 0 Å². The molecular formula is C16H17NOS. The predicted molar refractivity (Wildman–Crippen MR) is 78.3 cm³/mol. The standard InChI is InChI=1S/C16H17NOS/c1-17(12-18)16(14-7-3-2-4-8-14)10-5-6-13-9-11-19-15(13)16/h2-4,7-9,11-12H,5-6,10H2,1H3. The van der Waals surface area contributed by atoms with E-state index in [0.717, 1.165) is 25.7 Å². The van der Waals surface area contributed by atoms with E-state index in [2.05, 4.69) is 35.7 Å². The third-order valence-corrected chi connectivity index (χ3v) is 5.23. The number of fused-ring (bicyclic) bond motifs is 1. The molecule has 2 aromatic rings. The van der Waals surface area contributed by atoms with Gasteiger partial charge in [0, 0.05) is 11.9 Å². The maximum Gasteiger partial charge on any atom is 0.210 e. The van der Waals surface area contributed by atoms with Crippen molar-refractivity contribution < 1.29 is 4.79 Å². The van der Waals surface area contributed by atoms with Gasteiger partial charge in [-0.2, -0.15) is 0 Å². The van der Waals surface area contributed by atoms with Crippen molar-refractivity contribution in [2.45, 2.75) is 24.8 Å². The van der Waals surface area contributed by atoms with Gasteiger partial charge in [-0.15, -0.1) is 11.3 Å². The Labute approximate surface area is 117 Å². The lowest BCUT2D eigenvalue weighted by molar-refractivity contribution is -0.121. The van der Waals surface area contributed by atoms with E-state index >= 15 is 0 Å². The zero-order valence-electron chi connectivity index (χ0n) is 11.0. The lowest BCUT2D eigenvalue weighted by Crippen LogP contribution is -2.45. The van der Waals surface area contributed by atoms with Crippen LogP contribution in [0.25, 0.3) is 0 Å². The summed E-state index contributed by atoms with van der Waals surface area (Å²) in [5.74, 6) is 0. The van der Waals surface area contributed by atoms with Gasteiger partial charge in [0.25, 0.3) is 0 Å². The summed E-state index contributed by atoms with van der Waals surface area (Å²) in [5.41, 5.74) is 2.34. The van der Waals surface area contributed by atoms with Crippen molar-refractivity contribution in [3.05, 3.63) is 57.8 Å². The molecule has 1 aromatic heterocycles. The molecule has 1 amide bonds. The minimum Gasteiger partial charge on any atom is -0.334 e. The maximum atomic E-state index is 11.4. The van der Waals surface area contributed by atoms with Crippen molar-refractivity contribution in [3.63, 3.8) is 0 Å². The van der Waals surface area contributed by atoms with E-state index in [-0.39, 0.29) is 5.54 Å². The summed E-state index contributed by atoms with van der Waals surface area (Å²) >= 11 is 1.77. The Hall–Kier alpha value is -1.61. The zero-order valence-corrected chi connectivity index (χ0v) is 11.8. The molecule has 2 nitrogen and oxygen atoms in total. The number of hydrogen-bond acceptors (Lipinski definition) is 2. The maximum absolute atomic E-state index is 11.4. The zero-order chi connectivity index (χ0) is 13.3. The van der Waals surface area contributed by atoms with Crippen LogP contribution in [0.1, 0.15) is 28.8 Å². The summed E-state index contributed by atoms with van der Waals surface area (Å²) in [7, 11) is 1.90. The van der Waals surface area contributed by atoms with E-state index in [9.17, 15) is 4.79 Å². The molecule has 1 unspecified atom stereocenters. The summed E-state index contributed by atoms with van der Waals surface area (Å²) in [6, 6.07) is 12.6. The highest BCUT2D eigenvalue weighted by molar-refractivity contribution is 7.10. The summed E-state index contributed by atoms with van der Waals surface area (Å²) in [5, 5.41) is 2.15. The number of hydrogen-bond donors (Lipinski definition) is 0. The summed E-state index contributed by atoms with van der Waals surface area (Å²) in [4.78, 5) is 14.6. The van der Waals surface area contributed by atoms with Crippen molar-refractivity contribution >= 4 is 17.7 Å². The molecule has 0 spiro atoms. The molecule has 0 saturated carbocycles. The van der Waals surface area contributed by atoms with Crippen molar-refractivity contribution in [1.82, 2.24) is 4.90 Å². The molecule has 3 rings (SSSR count). The molecule has 1 atom stereocenters. The fourth-order valence-corrected chi connectivity index (χ4v) is 4.41. The molecule has 0 saturated heterocycles. The third kappa shape index (κ3) is 1.80. The first kappa shape index (κ1) is 12.4. The van der Waals surface area contributed by atoms with Gasteiger partial charge in [-0.1, -0.05) is 30.3 Å². The van der Waals surface area contributed by atoms with Crippen molar-refractivity contribution in [3.8, 4) is 0 Å². The molecule has 98 valence electrons. The fraction of sp³-hybridized carbons (Fsp3) is 0.312. The number of benzene rings is 1. The Morgan fingerprint density at radius 2 is 2.05 bits per heavy atom. The number of amides is 1. The van der Waals surface area contributed by atoms with E-state index < -0.39 is 0 Å². The minimum atomic E-state index is -0.273. The first-order valence-electron chi connectivity index (χ1n) is 6.59. The highest BCUT2D eigenvalue weighted by atomic mass is 32.1. The number of thiophene rings is 1. The molecule has 3 heteroatoms. The van der Waals surface area contributed by atoms with Crippen LogP contribution < -0.4 is 0 Å². The van der Waals surface area contributed by atoms with E-state index in [1.54, 1.807) is 11.3 Å². The van der Waals surface area contributed by atoms with Crippen molar-refractivity contribution in [2.24, 2.45) is 0 Å². The second-order valence-electron chi connectivity index (χ2n) is 5.07. The van der Waals surface area contributed by atoms with Gasteiger partial charge < -0.3 is 4.90 Å². The Morgan fingerprint density at radius 3 is 2.79 bits per heavy atom. The van der Waals surface area contributed by atoms with Crippen molar-refractivity contribution in [2.75, 3.05) is 7.05 Å². The van der Waals surface area contributed by atoms with Crippen molar-refractivity contribution in [1.29, 1.82) is 0 Å². The highest BCUT2D eigenvalue weighted by Gasteiger charge is 2.42. The Kier molecular flexibility index (Phi) is 3.15. The third-order valence-electron chi connectivity index (χ3n) is 4.12. The van der Waals surface area contributed by atoms with Gasteiger partial charge in [-0.25, -0.2) is 0 Å². The molecule has 1 aromatic carbocycles. The van der Waals surface area contributed by atoms with Crippen LogP contribution in [-0.2, 0) is 16.8 Å². The molecule has 0 fully saturated rings. The number of carbonyl (C=O) groups excluding carboxylic acids is 1. The number of carbonyl (C=O) groups is 1. The SMILES string of the molecule is CN(C=O)C1(c2ccccc2)CCCc2ccsc21. The van der Waals surface area contributed by atoms with E-state index in [4.69, 9.17) is 0 Å². The van der Waals surface area contributed by atoms with Gasteiger partial charge in [-0.3, -0.25) is 4.79 Å². The summed E-state index contributed by atoms with van der Waals surface area (Å²) in [6.07, 6.45) is 4.21.